The summed E-state index contributed by atoms with van der Waals surface area (Å²) in [6.45, 7) is 0. The fraction of sp³-hybridized carbons (Fsp3) is 0. The standard InChI is InChI=1S/C43H27N3S/c1-4-13-28(14-5-1)33-20-12-21-35-39(33)42-40(34-19-10-11-22-38(34)47-42)41(44-35)31-25-23-30(24-26-31)37-27-36(29-15-6-2-7-16-29)45-43(46-37)32-17-8-3-9-18-32/h1-27H. The van der Waals surface area contributed by atoms with Gasteiger partial charge < -0.3 is 0 Å². The molecule has 6 aromatic carbocycles. The number of benzene rings is 6. The molecule has 0 amide bonds. The van der Waals surface area contributed by atoms with Crippen LogP contribution in [0.5, 0.6) is 0 Å². The summed E-state index contributed by atoms with van der Waals surface area (Å²) in [4.78, 5) is 15.4. The quantitative estimate of drug-likeness (QED) is 0.193. The first kappa shape index (κ1) is 27.3. The number of nitrogens with zero attached hydrogens (tertiary/aromatic N) is 3. The fourth-order valence-electron chi connectivity index (χ4n) is 6.44. The Morgan fingerprint density at radius 2 is 0.979 bits per heavy atom. The summed E-state index contributed by atoms with van der Waals surface area (Å²) in [6.07, 6.45) is 0. The summed E-state index contributed by atoms with van der Waals surface area (Å²) in [6, 6.07) is 57.0. The number of thiophene rings is 1. The van der Waals surface area contributed by atoms with Gasteiger partial charge in [0.05, 0.1) is 22.6 Å². The van der Waals surface area contributed by atoms with Gasteiger partial charge >= 0.3 is 0 Å². The van der Waals surface area contributed by atoms with Crippen LogP contribution in [0.25, 0.3) is 87.4 Å². The molecule has 3 nitrogen and oxygen atoms in total. The second-order valence-corrected chi connectivity index (χ2v) is 12.7. The van der Waals surface area contributed by atoms with Gasteiger partial charge in [-0.3, -0.25) is 0 Å². The maximum Gasteiger partial charge on any atom is 0.160 e. The maximum absolute atomic E-state index is 5.37. The van der Waals surface area contributed by atoms with Crippen LogP contribution in [-0.4, -0.2) is 15.0 Å². The first-order chi connectivity index (χ1) is 23.3. The minimum atomic E-state index is 0.711. The monoisotopic (exact) mass is 617 g/mol. The Labute approximate surface area is 276 Å². The topological polar surface area (TPSA) is 38.7 Å². The fourth-order valence-corrected chi connectivity index (χ4v) is 7.71. The van der Waals surface area contributed by atoms with Gasteiger partial charge in [0.1, 0.15) is 0 Å². The van der Waals surface area contributed by atoms with Crippen molar-refractivity contribution in [3.8, 4) is 56.3 Å². The summed E-state index contributed by atoms with van der Waals surface area (Å²) in [5.74, 6) is 0.711. The van der Waals surface area contributed by atoms with E-state index in [1.807, 2.05) is 47.7 Å². The Kier molecular flexibility index (Phi) is 6.65. The van der Waals surface area contributed by atoms with Crippen LogP contribution in [0.15, 0.2) is 164 Å². The predicted molar refractivity (Wildman–Crippen MR) is 197 cm³/mol. The van der Waals surface area contributed by atoms with Gasteiger partial charge in [-0.15, -0.1) is 11.3 Å². The number of hydrogen-bond donors (Lipinski definition) is 0. The summed E-state index contributed by atoms with van der Waals surface area (Å²) in [7, 11) is 0. The Morgan fingerprint density at radius 1 is 0.404 bits per heavy atom. The van der Waals surface area contributed by atoms with Gasteiger partial charge in [-0.2, -0.15) is 0 Å². The van der Waals surface area contributed by atoms with E-state index in [-0.39, 0.29) is 0 Å². The van der Waals surface area contributed by atoms with Gasteiger partial charge in [0.2, 0.25) is 0 Å². The van der Waals surface area contributed by atoms with E-state index >= 15 is 0 Å². The summed E-state index contributed by atoms with van der Waals surface area (Å²) in [5.41, 5.74) is 10.4. The average molecular weight is 618 g/mol. The highest BCUT2D eigenvalue weighted by atomic mass is 32.1. The molecule has 0 saturated heterocycles. The molecule has 9 aromatic rings. The Bertz CT molecular complexity index is 2480. The highest BCUT2D eigenvalue weighted by molar-refractivity contribution is 7.26. The lowest BCUT2D eigenvalue weighted by Gasteiger charge is -2.12. The van der Waals surface area contributed by atoms with Crippen LogP contribution < -0.4 is 0 Å². The zero-order chi connectivity index (χ0) is 31.2. The molecule has 3 heterocycles. The highest BCUT2D eigenvalue weighted by Gasteiger charge is 2.19. The van der Waals surface area contributed by atoms with E-state index in [0.29, 0.717) is 5.82 Å². The van der Waals surface area contributed by atoms with E-state index in [1.165, 1.54) is 36.7 Å². The van der Waals surface area contributed by atoms with E-state index < -0.39 is 0 Å². The van der Waals surface area contributed by atoms with Crippen molar-refractivity contribution >= 4 is 42.4 Å². The van der Waals surface area contributed by atoms with E-state index in [4.69, 9.17) is 15.0 Å². The van der Waals surface area contributed by atoms with Gasteiger partial charge in [-0.25, -0.2) is 15.0 Å². The zero-order valence-corrected chi connectivity index (χ0v) is 26.2. The second-order valence-electron chi connectivity index (χ2n) is 11.6. The number of aromatic nitrogens is 3. The molecule has 0 fully saturated rings. The molecule has 0 unspecified atom stereocenters. The molecular formula is C43H27N3S. The van der Waals surface area contributed by atoms with Crippen LogP contribution in [0.3, 0.4) is 0 Å². The number of rotatable bonds is 5. The van der Waals surface area contributed by atoms with E-state index in [1.54, 1.807) is 0 Å². The average Bonchev–Trinajstić information content (AvgIpc) is 3.55. The molecule has 0 radical (unpaired) electrons. The third kappa shape index (κ3) is 4.87. The lowest BCUT2D eigenvalue weighted by Crippen LogP contribution is -1.96. The van der Waals surface area contributed by atoms with Crippen molar-refractivity contribution in [2.45, 2.75) is 0 Å². The summed E-state index contributed by atoms with van der Waals surface area (Å²) in [5, 5.41) is 3.65. The molecule has 9 rings (SSSR count). The highest BCUT2D eigenvalue weighted by Crippen LogP contribution is 2.45. The van der Waals surface area contributed by atoms with Crippen LogP contribution in [0.2, 0.25) is 0 Å². The van der Waals surface area contributed by atoms with Crippen molar-refractivity contribution < 1.29 is 0 Å². The molecule has 0 bridgehead atoms. The van der Waals surface area contributed by atoms with E-state index in [2.05, 4.69) is 127 Å². The van der Waals surface area contributed by atoms with Crippen LogP contribution in [0.4, 0.5) is 0 Å². The van der Waals surface area contributed by atoms with Crippen LogP contribution in [0, 0.1) is 0 Å². The molecule has 0 spiro atoms. The summed E-state index contributed by atoms with van der Waals surface area (Å²) < 4.78 is 2.53. The second kappa shape index (κ2) is 11.4. The third-order valence-electron chi connectivity index (χ3n) is 8.70. The maximum atomic E-state index is 5.37. The van der Waals surface area contributed by atoms with E-state index in [0.717, 1.165) is 44.9 Å². The molecule has 0 saturated carbocycles. The number of pyridine rings is 1. The Morgan fingerprint density at radius 3 is 1.68 bits per heavy atom. The normalized spacial score (nSPS) is 11.4. The first-order valence-electron chi connectivity index (χ1n) is 15.7. The van der Waals surface area contributed by atoms with Gasteiger partial charge in [-0.1, -0.05) is 146 Å². The molecule has 0 aliphatic heterocycles. The molecule has 47 heavy (non-hydrogen) atoms. The molecule has 0 atom stereocenters. The van der Waals surface area contributed by atoms with Crippen LogP contribution in [-0.2, 0) is 0 Å². The molecular weight excluding hydrogens is 591 g/mol. The SMILES string of the molecule is c1ccc(-c2cc(-c3ccc(-c4nc5cccc(-c6ccccc6)c5c5sc6ccccc6c45)cc3)nc(-c3ccccc3)n2)cc1. The molecule has 0 aliphatic carbocycles. The van der Waals surface area contributed by atoms with Crippen molar-refractivity contribution in [1.29, 1.82) is 0 Å². The Balaban J connectivity index is 1.22. The summed E-state index contributed by atoms with van der Waals surface area (Å²) >= 11 is 1.85. The van der Waals surface area contributed by atoms with Crippen molar-refractivity contribution in [2.75, 3.05) is 0 Å². The van der Waals surface area contributed by atoms with Crippen LogP contribution >= 0.6 is 11.3 Å². The van der Waals surface area contributed by atoms with Crippen molar-refractivity contribution in [3.05, 3.63) is 164 Å². The largest absolute Gasteiger partial charge is 0.247 e. The third-order valence-corrected chi connectivity index (χ3v) is 9.89. The van der Waals surface area contributed by atoms with Gasteiger partial charge in [0.25, 0.3) is 0 Å². The zero-order valence-electron chi connectivity index (χ0n) is 25.3. The molecule has 220 valence electrons. The lowest BCUT2D eigenvalue weighted by molar-refractivity contribution is 1.18. The first-order valence-corrected chi connectivity index (χ1v) is 16.5. The van der Waals surface area contributed by atoms with Crippen molar-refractivity contribution in [3.63, 3.8) is 0 Å². The minimum absolute atomic E-state index is 0.711. The van der Waals surface area contributed by atoms with Crippen molar-refractivity contribution in [1.82, 2.24) is 15.0 Å². The molecule has 0 N–H and O–H groups in total. The van der Waals surface area contributed by atoms with Crippen LogP contribution in [0.1, 0.15) is 0 Å². The molecule has 3 aromatic heterocycles. The molecule has 0 aliphatic rings. The van der Waals surface area contributed by atoms with Crippen molar-refractivity contribution in [2.24, 2.45) is 0 Å². The van der Waals surface area contributed by atoms with Gasteiger partial charge in [-0.05, 0) is 29.3 Å². The Hall–Kier alpha value is -5.97. The smallest absolute Gasteiger partial charge is 0.160 e. The number of fused-ring (bicyclic) bond motifs is 5. The van der Waals surface area contributed by atoms with Gasteiger partial charge in [0.15, 0.2) is 5.82 Å². The predicted octanol–water partition coefficient (Wildman–Crippen LogP) is 11.7. The minimum Gasteiger partial charge on any atom is -0.247 e. The lowest BCUT2D eigenvalue weighted by atomic mass is 9.96. The number of hydrogen-bond acceptors (Lipinski definition) is 4. The van der Waals surface area contributed by atoms with E-state index in [9.17, 15) is 0 Å². The van der Waals surface area contributed by atoms with Gasteiger partial charge in [0, 0.05) is 47.8 Å². The molecule has 4 heteroatoms.